The maximum atomic E-state index is 11.1. The van der Waals surface area contributed by atoms with E-state index in [1.165, 1.54) is 0 Å². The van der Waals surface area contributed by atoms with Crippen molar-refractivity contribution in [2.24, 2.45) is 5.73 Å². The smallest absolute Gasteiger partial charge is 0.242 e. The lowest BCUT2D eigenvalue weighted by Gasteiger charge is -2.14. The van der Waals surface area contributed by atoms with Crippen LogP contribution in [-0.4, -0.2) is 31.4 Å². The number of amides is 2. The van der Waals surface area contributed by atoms with Crippen molar-refractivity contribution in [3.8, 4) is 0 Å². The minimum Gasteiger partial charge on any atom is -0.357 e. The molecule has 0 fully saturated rings. The molecule has 0 rings (SSSR count). The van der Waals surface area contributed by atoms with Crippen LogP contribution in [0, 0.1) is 0 Å². The number of carbonyl (C=O) groups excluding carboxylic acids is 2. The highest BCUT2D eigenvalue weighted by atomic mass is 16.2. The Kier molecular flexibility index (Phi) is 5.88. The van der Waals surface area contributed by atoms with Crippen LogP contribution in [-0.2, 0) is 9.59 Å². The van der Waals surface area contributed by atoms with Gasteiger partial charge in [-0.15, -0.1) is 0 Å². The summed E-state index contributed by atoms with van der Waals surface area (Å²) >= 11 is 0. The summed E-state index contributed by atoms with van der Waals surface area (Å²) in [4.78, 5) is 22.2. The van der Waals surface area contributed by atoms with Gasteiger partial charge in [-0.1, -0.05) is 6.92 Å². The predicted octanol–water partition coefficient (Wildman–Crippen LogP) is -1.02. The minimum atomic E-state index is -0.441. The molecular formula is C8H17N3O2. The largest absolute Gasteiger partial charge is 0.357 e. The fourth-order valence-electron chi connectivity index (χ4n) is 0.925. The first-order valence-corrected chi connectivity index (χ1v) is 4.36. The lowest BCUT2D eigenvalue weighted by atomic mass is 10.2. The Morgan fingerprint density at radius 1 is 1.46 bits per heavy atom. The number of carbonyl (C=O) groups is 2. The summed E-state index contributed by atoms with van der Waals surface area (Å²) in [6, 6.07) is -0.441. The van der Waals surface area contributed by atoms with Gasteiger partial charge in [0.2, 0.25) is 11.8 Å². The molecule has 0 aromatic heterocycles. The van der Waals surface area contributed by atoms with Gasteiger partial charge in [-0.2, -0.15) is 0 Å². The second-order valence-electron chi connectivity index (χ2n) is 2.68. The van der Waals surface area contributed by atoms with Crippen molar-refractivity contribution >= 4 is 11.8 Å². The van der Waals surface area contributed by atoms with E-state index in [1.807, 2.05) is 6.92 Å². The lowest BCUT2D eigenvalue weighted by Crippen LogP contribution is -2.45. The van der Waals surface area contributed by atoms with Crippen LogP contribution in [0.15, 0.2) is 0 Å². The van der Waals surface area contributed by atoms with Crippen LogP contribution in [0.2, 0.25) is 0 Å². The molecule has 0 radical (unpaired) electrons. The van der Waals surface area contributed by atoms with Crippen molar-refractivity contribution in [1.29, 1.82) is 0 Å². The molecule has 0 heterocycles. The van der Waals surface area contributed by atoms with Gasteiger partial charge in [0.15, 0.2) is 0 Å². The van der Waals surface area contributed by atoms with Gasteiger partial charge < -0.3 is 16.4 Å². The molecular weight excluding hydrogens is 170 g/mol. The Hall–Kier alpha value is -1.10. The van der Waals surface area contributed by atoms with Crippen LogP contribution in [0.1, 0.15) is 19.8 Å². The molecule has 0 saturated heterocycles. The van der Waals surface area contributed by atoms with E-state index in [4.69, 9.17) is 5.73 Å². The number of hydrogen-bond acceptors (Lipinski definition) is 3. The molecule has 0 bridgehead atoms. The van der Waals surface area contributed by atoms with Crippen molar-refractivity contribution in [3.63, 3.8) is 0 Å². The summed E-state index contributed by atoms with van der Waals surface area (Å²) in [5.74, 6) is -0.356. The monoisotopic (exact) mass is 187 g/mol. The zero-order valence-electron chi connectivity index (χ0n) is 8.09. The summed E-state index contributed by atoms with van der Waals surface area (Å²) < 4.78 is 0. The van der Waals surface area contributed by atoms with Gasteiger partial charge in [0.05, 0.1) is 0 Å². The summed E-state index contributed by atoms with van der Waals surface area (Å²) in [5.41, 5.74) is 5.19. The van der Waals surface area contributed by atoms with Gasteiger partial charge in [0.1, 0.15) is 6.04 Å². The molecule has 5 nitrogen and oxygen atoms in total. The first-order valence-electron chi connectivity index (χ1n) is 4.36. The summed E-state index contributed by atoms with van der Waals surface area (Å²) in [6.45, 7) is 2.14. The summed E-state index contributed by atoms with van der Waals surface area (Å²) in [6.07, 6.45) is 0.837. The molecule has 0 saturated carbocycles. The van der Waals surface area contributed by atoms with E-state index in [0.717, 1.165) is 0 Å². The molecule has 13 heavy (non-hydrogen) atoms. The van der Waals surface area contributed by atoms with Crippen LogP contribution >= 0.6 is 0 Å². The molecule has 1 unspecified atom stereocenters. The molecule has 0 aliphatic rings. The van der Waals surface area contributed by atoms with Crippen LogP contribution in [0.25, 0.3) is 0 Å². The fraction of sp³-hybridized carbons (Fsp3) is 0.750. The number of likely N-dealkylation sites (N-methyl/N-ethyl adjacent to an activating group) is 1. The number of nitrogens with one attached hydrogen (secondary N) is 2. The van der Waals surface area contributed by atoms with Crippen LogP contribution < -0.4 is 16.4 Å². The van der Waals surface area contributed by atoms with E-state index in [0.29, 0.717) is 13.0 Å². The third-order valence-electron chi connectivity index (χ3n) is 1.68. The third-order valence-corrected chi connectivity index (χ3v) is 1.68. The second kappa shape index (κ2) is 6.42. The van der Waals surface area contributed by atoms with Gasteiger partial charge in [0, 0.05) is 20.0 Å². The lowest BCUT2D eigenvalue weighted by molar-refractivity contribution is -0.128. The highest BCUT2D eigenvalue weighted by Crippen LogP contribution is 1.91. The van der Waals surface area contributed by atoms with Crippen LogP contribution in [0.3, 0.4) is 0 Å². The quantitative estimate of drug-likeness (QED) is 0.515. The molecule has 76 valence electrons. The maximum Gasteiger partial charge on any atom is 0.242 e. The fourth-order valence-corrected chi connectivity index (χ4v) is 0.925. The highest BCUT2D eigenvalue weighted by molar-refractivity contribution is 5.87. The van der Waals surface area contributed by atoms with E-state index < -0.39 is 6.04 Å². The molecule has 1 atom stereocenters. The standard InChI is InChI=1S/C8H17N3O2/c1-3-6(8(13)10-2)11-7(12)4-5-9/h6H,3-5,9H2,1-2H3,(H,10,13)(H,11,12). The molecule has 0 aliphatic carbocycles. The van der Waals surface area contributed by atoms with E-state index in [-0.39, 0.29) is 18.2 Å². The average Bonchev–Trinajstić information content (AvgIpc) is 2.13. The highest BCUT2D eigenvalue weighted by Gasteiger charge is 2.16. The summed E-state index contributed by atoms with van der Waals surface area (Å²) in [7, 11) is 1.54. The zero-order chi connectivity index (χ0) is 10.3. The van der Waals surface area contributed by atoms with Gasteiger partial charge in [-0.05, 0) is 6.42 Å². The SMILES string of the molecule is CCC(NC(=O)CCN)C(=O)NC. The predicted molar refractivity (Wildman–Crippen MR) is 50.0 cm³/mol. The van der Waals surface area contributed by atoms with E-state index >= 15 is 0 Å². The zero-order valence-corrected chi connectivity index (χ0v) is 8.09. The molecule has 0 aromatic rings. The van der Waals surface area contributed by atoms with Gasteiger partial charge in [0.25, 0.3) is 0 Å². The third kappa shape index (κ3) is 4.47. The topological polar surface area (TPSA) is 84.2 Å². The molecule has 0 aliphatic heterocycles. The van der Waals surface area contributed by atoms with Crippen molar-refractivity contribution in [3.05, 3.63) is 0 Å². The van der Waals surface area contributed by atoms with E-state index in [2.05, 4.69) is 10.6 Å². The Morgan fingerprint density at radius 2 is 2.08 bits per heavy atom. The molecule has 4 N–H and O–H groups in total. The van der Waals surface area contributed by atoms with Crippen LogP contribution in [0.5, 0.6) is 0 Å². The normalized spacial score (nSPS) is 11.9. The van der Waals surface area contributed by atoms with Crippen LogP contribution in [0.4, 0.5) is 0 Å². The Labute approximate surface area is 78.1 Å². The minimum absolute atomic E-state index is 0.173. The van der Waals surface area contributed by atoms with E-state index in [1.54, 1.807) is 7.05 Å². The summed E-state index contributed by atoms with van der Waals surface area (Å²) in [5, 5.41) is 5.07. The van der Waals surface area contributed by atoms with Crippen molar-refractivity contribution < 1.29 is 9.59 Å². The number of nitrogens with two attached hydrogens (primary N) is 1. The van der Waals surface area contributed by atoms with Gasteiger partial charge in [-0.25, -0.2) is 0 Å². The Bertz CT molecular complexity index is 182. The first-order chi connectivity index (χ1) is 6.15. The van der Waals surface area contributed by atoms with Gasteiger partial charge >= 0.3 is 0 Å². The van der Waals surface area contributed by atoms with Crippen molar-refractivity contribution in [2.45, 2.75) is 25.8 Å². The Balaban J connectivity index is 3.97. The Morgan fingerprint density at radius 3 is 2.46 bits per heavy atom. The number of rotatable bonds is 5. The van der Waals surface area contributed by atoms with Gasteiger partial charge in [-0.3, -0.25) is 9.59 Å². The molecule has 2 amide bonds. The molecule has 0 aromatic carbocycles. The van der Waals surface area contributed by atoms with E-state index in [9.17, 15) is 9.59 Å². The van der Waals surface area contributed by atoms with Crippen molar-refractivity contribution in [1.82, 2.24) is 10.6 Å². The number of hydrogen-bond donors (Lipinski definition) is 3. The first kappa shape index (κ1) is 11.9. The van der Waals surface area contributed by atoms with Crippen molar-refractivity contribution in [2.75, 3.05) is 13.6 Å². The maximum absolute atomic E-state index is 11.1. The second-order valence-corrected chi connectivity index (χ2v) is 2.68. The molecule has 5 heteroatoms. The molecule has 0 spiro atoms. The average molecular weight is 187 g/mol.